The fraction of sp³-hybridized carbons (Fsp3) is 0.381. The Hall–Kier alpha value is -2.45. The van der Waals surface area contributed by atoms with Crippen LogP contribution in [0.25, 0.3) is 0 Å². The van der Waals surface area contributed by atoms with Gasteiger partial charge in [-0.3, -0.25) is 4.79 Å². The van der Waals surface area contributed by atoms with Crippen LogP contribution in [0.4, 0.5) is 10.1 Å². The number of carbonyl (C=O) groups excluding carboxylic acids is 1. The molecule has 2 aromatic carbocycles. The summed E-state index contributed by atoms with van der Waals surface area (Å²) in [7, 11) is -3.77. The monoisotopic (exact) mass is 420 g/mol. The number of hydrogen-bond donors (Lipinski definition) is 1. The molecule has 156 valence electrons. The normalized spacial score (nSPS) is 17.9. The Morgan fingerprint density at radius 1 is 1.21 bits per heavy atom. The molecule has 1 N–H and O–H groups in total. The van der Waals surface area contributed by atoms with Crippen LogP contribution in [0, 0.1) is 11.7 Å². The third-order valence-electron chi connectivity index (χ3n) is 4.68. The number of piperidine rings is 1. The summed E-state index contributed by atoms with van der Waals surface area (Å²) in [5, 5.41) is 2.85. The van der Waals surface area contributed by atoms with E-state index in [0.717, 1.165) is 12.1 Å². The smallest absolute Gasteiger partial charge is 0.243 e. The van der Waals surface area contributed by atoms with Crippen LogP contribution < -0.4 is 10.1 Å². The molecule has 1 aliphatic heterocycles. The van der Waals surface area contributed by atoms with E-state index in [1.807, 2.05) is 19.9 Å². The van der Waals surface area contributed by atoms with Crippen molar-refractivity contribution in [2.24, 2.45) is 5.92 Å². The van der Waals surface area contributed by atoms with E-state index < -0.39 is 21.8 Å². The van der Waals surface area contributed by atoms with E-state index in [9.17, 15) is 17.6 Å². The van der Waals surface area contributed by atoms with E-state index in [4.69, 9.17) is 4.74 Å². The number of nitrogens with zero attached hydrogens (tertiary/aromatic N) is 1. The van der Waals surface area contributed by atoms with E-state index in [0.29, 0.717) is 30.8 Å². The van der Waals surface area contributed by atoms with E-state index in [-0.39, 0.29) is 23.5 Å². The molecule has 8 heteroatoms. The number of hydrogen-bond acceptors (Lipinski definition) is 4. The van der Waals surface area contributed by atoms with Crippen molar-refractivity contribution >= 4 is 21.6 Å². The zero-order chi connectivity index (χ0) is 21.0. The first kappa shape index (κ1) is 21.3. The molecule has 0 radical (unpaired) electrons. The van der Waals surface area contributed by atoms with Gasteiger partial charge < -0.3 is 10.1 Å². The van der Waals surface area contributed by atoms with Crippen molar-refractivity contribution in [2.75, 3.05) is 18.4 Å². The van der Waals surface area contributed by atoms with Gasteiger partial charge in [0.05, 0.1) is 16.9 Å². The topological polar surface area (TPSA) is 75.7 Å². The maximum absolute atomic E-state index is 13.1. The Labute approximate surface area is 170 Å². The molecule has 0 bridgehead atoms. The lowest BCUT2D eigenvalue weighted by atomic mass is 9.98. The lowest BCUT2D eigenvalue weighted by molar-refractivity contribution is -0.120. The van der Waals surface area contributed by atoms with Gasteiger partial charge in [-0.1, -0.05) is 6.07 Å². The molecule has 0 saturated carbocycles. The van der Waals surface area contributed by atoms with Crippen LogP contribution in [0.5, 0.6) is 5.75 Å². The van der Waals surface area contributed by atoms with Crippen molar-refractivity contribution in [3.63, 3.8) is 0 Å². The molecule has 0 spiro atoms. The number of carbonyl (C=O) groups is 1. The summed E-state index contributed by atoms with van der Waals surface area (Å²) in [5.41, 5.74) is 0.603. The minimum Gasteiger partial charge on any atom is -0.491 e. The van der Waals surface area contributed by atoms with Gasteiger partial charge >= 0.3 is 0 Å². The van der Waals surface area contributed by atoms with E-state index in [1.54, 1.807) is 18.2 Å². The molecule has 1 atom stereocenters. The Bertz CT molecular complexity index is 961. The number of benzene rings is 2. The number of ether oxygens (including phenoxy) is 1. The van der Waals surface area contributed by atoms with Gasteiger partial charge in [0.25, 0.3) is 0 Å². The molecule has 29 heavy (non-hydrogen) atoms. The minimum atomic E-state index is -3.77. The van der Waals surface area contributed by atoms with Crippen molar-refractivity contribution in [3.05, 3.63) is 54.3 Å². The van der Waals surface area contributed by atoms with Gasteiger partial charge in [-0.2, -0.15) is 4.31 Å². The maximum Gasteiger partial charge on any atom is 0.243 e. The SMILES string of the molecule is CC(C)Oc1cccc(NC(=O)[C@H]2CCCN(S(=O)(=O)c3ccc(F)cc3)C2)c1. The first-order chi connectivity index (χ1) is 13.8. The van der Waals surface area contributed by atoms with Gasteiger partial charge in [-0.15, -0.1) is 0 Å². The van der Waals surface area contributed by atoms with Crippen molar-refractivity contribution in [2.45, 2.75) is 37.7 Å². The number of halogens is 1. The van der Waals surface area contributed by atoms with Crippen LogP contribution in [-0.2, 0) is 14.8 Å². The highest BCUT2D eigenvalue weighted by molar-refractivity contribution is 7.89. The lowest BCUT2D eigenvalue weighted by Gasteiger charge is -2.31. The first-order valence-corrected chi connectivity index (χ1v) is 11.0. The fourth-order valence-corrected chi connectivity index (χ4v) is 4.82. The molecule has 0 aliphatic carbocycles. The number of sulfonamides is 1. The largest absolute Gasteiger partial charge is 0.491 e. The second-order valence-electron chi connectivity index (χ2n) is 7.34. The molecular formula is C21H25FN2O4S. The van der Waals surface area contributed by atoms with Crippen molar-refractivity contribution in [1.82, 2.24) is 4.31 Å². The van der Waals surface area contributed by atoms with Crippen LogP contribution in [0.2, 0.25) is 0 Å². The fourth-order valence-electron chi connectivity index (χ4n) is 3.29. The highest BCUT2D eigenvalue weighted by atomic mass is 32.2. The van der Waals surface area contributed by atoms with Crippen LogP contribution in [0.15, 0.2) is 53.4 Å². The van der Waals surface area contributed by atoms with Gasteiger partial charge in [0, 0.05) is 24.8 Å². The Balaban J connectivity index is 1.69. The lowest BCUT2D eigenvalue weighted by Crippen LogP contribution is -2.43. The predicted octanol–water partition coefficient (Wildman–Crippen LogP) is 3.65. The first-order valence-electron chi connectivity index (χ1n) is 9.59. The summed E-state index contributed by atoms with van der Waals surface area (Å²) in [4.78, 5) is 12.8. The van der Waals surface area contributed by atoms with Crippen LogP contribution in [0.3, 0.4) is 0 Å². The third kappa shape index (κ3) is 5.33. The molecule has 6 nitrogen and oxygen atoms in total. The highest BCUT2D eigenvalue weighted by Gasteiger charge is 2.33. The van der Waals surface area contributed by atoms with Crippen LogP contribution in [0.1, 0.15) is 26.7 Å². The quantitative estimate of drug-likeness (QED) is 0.774. The van der Waals surface area contributed by atoms with E-state index in [2.05, 4.69) is 5.32 Å². The maximum atomic E-state index is 13.1. The molecule has 3 rings (SSSR count). The summed E-state index contributed by atoms with van der Waals surface area (Å²) in [6.45, 7) is 4.27. The van der Waals surface area contributed by atoms with Crippen LogP contribution in [-0.4, -0.2) is 37.8 Å². The van der Waals surface area contributed by atoms with Gasteiger partial charge in [-0.25, -0.2) is 12.8 Å². The summed E-state index contributed by atoms with van der Waals surface area (Å²) >= 11 is 0. The Morgan fingerprint density at radius 2 is 1.93 bits per heavy atom. The number of amides is 1. The van der Waals surface area contributed by atoms with Gasteiger partial charge in [0.1, 0.15) is 11.6 Å². The average molecular weight is 421 g/mol. The number of rotatable bonds is 6. The summed E-state index contributed by atoms with van der Waals surface area (Å²) in [5.74, 6) is -0.537. The number of nitrogens with one attached hydrogen (secondary N) is 1. The molecule has 0 unspecified atom stereocenters. The van der Waals surface area contributed by atoms with E-state index in [1.165, 1.54) is 16.4 Å². The van der Waals surface area contributed by atoms with Crippen molar-refractivity contribution in [3.8, 4) is 5.75 Å². The highest BCUT2D eigenvalue weighted by Crippen LogP contribution is 2.26. The molecule has 1 fully saturated rings. The van der Waals surface area contributed by atoms with Crippen molar-refractivity contribution in [1.29, 1.82) is 0 Å². The zero-order valence-corrected chi connectivity index (χ0v) is 17.3. The summed E-state index contributed by atoms with van der Waals surface area (Å²) in [6, 6.07) is 11.8. The van der Waals surface area contributed by atoms with Gasteiger partial charge in [0.2, 0.25) is 15.9 Å². The van der Waals surface area contributed by atoms with Gasteiger partial charge in [-0.05, 0) is 63.1 Å². The number of anilines is 1. The molecule has 1 aliphatic rings. The third-order valence-corrected chi connectivity index (χ3v) is 6.56. The Kier molecular flexibility index (Phi) is 6.54. The second kappa shape index (κ2) is 8.92. The average Bonchev–Trinajstić information content (AvgIpc) is 2.68. The minimum absolute atomic E-state index is 0.0181. The molecule has 2 aromatic rings. The molecule has 0 aromatic heterocycles. The van der Waals surface area contributed by atoms with E-state index >= 15 is 0 Å². The summed E-state index contributed by atoms with van der Waals surface area (Å²) < 4.78 is 45.7. The van der Waals surface area contributed by atoms with Crippen molar-refractivity contribution < 1.29 is 22.3 Å². The van der Waals surface area contributed by atoms with Crippen LogP contribution >= 0.6 is 0 Å². The zero-order valence-electron chi connectivity index (χ0n) is 16.5. The standard InChI is InChI=1S/C21H25FN2O4S/c1-15(2)28-19-7-3-6-18(13-19)23-21(25)16-5-4-12-24(14-16)29(26,27)20-10-8-17(22)9-11-20/h3,6-11,13,15-16H,4-5,12,14H2,1-2H3,(H,23,25)/t16-/m0/s1. The molecular weight excluding hydrogens is 395 g/mol. The Morgan fingerprint density at radius 3 is 2.62 bits per heavy atom. The second-order valence-corrected chi connectivity index (χ2v) is 9.28. The van der Waals surface area contributed by atoms with Gasteiger partial charge in [0.15, 0.2) is 0 Å². The predicted molar refractivity (Wildman–Crippen MR) is 109 cm³/mol. The molecule has 1 amide bonds. The summed E-state index contributed by atoms with van der Waals surface area (Å²) in [6.07, 6.45) is 1.20. The molecule has 1 saturated heterocycles. The molecule has 1 heterocycles.